The van der Waals surface area contributed by atoms with Crippen molar-refractivity contribution in [2.45, 2.75) is 38.4 Å². The van der Waals surface area contributed by atoms with E-state index in [0.717, 1.165) is 37.8 Å². The maximum absolute atomic E-state index is 6.18. The summed E-state index contributed by atoms with van der Waals surface area (Å²) in [6.45, 7) is 3.95. The Labute approximate surface area is 172 Å². The predicted molar refractivity (Wildman–Crippen MR) is 108 cm³/mol. The summed E-state index contributed by atoms with van der Waals surface area (Å²) in [6.07, 6.45) is 9.46. The van der Waals surface area contributed by atoms with Crippen molar-refractivity contribution in [1.82, 2.24) is 29.3 Å². The Morgan fingerprint density at radius 1 is 1.19 bits per heavy atom. The molecule has 2 aromatic heterocycles. The Morgan fingerprint density at radius 3 is 2.46 bits per heavy atom. The van der Waals surface area contributed by atoms with Gasteiger partial charge in [-0.15, -0.1) is 24.8 Å². The molecule has 1 aliphatic heterocycles. The standard InChI is InChI=1S/C17H25ClN6.2ClH/c1-22-8-7-20-15(22)11-24(12-16-21-10-14(18)23(16)2)13-9-17(13)3-5-19-6-4-17;;/h7-8,10,13,19H,3-6,9,11-12H2,1-2H3;2*1H. The maximum Gasteiger partial charge on any atom is 0.128 e. The van der Waals surface area contributed by atoms with Crippen LogP contribution in [0, 0.1) is 5.41 Å². The van der Waals surface area contributed by atoms with Gasteiger partial charge in [-0.2, -0.15) is 0 Å². The van der Waals surface area contributed by atoms with E-state index in [0.29, 0.717) is 16.6 Å². The molecule has 1 aliphatic carbocycles. The van der Waals surface area contributed by atoms with E-state index in [2.05, 4.69) is 31.8 Å². The van der Waals surface area contributed by atoms with Gasteiger partial charge in [0.1, 0.15) is 16.8 Å². The molecule has 0 radical (unpaired) electrons. The topological polar surface area (TPSA) is 50.9 Å². The largest absolute Gasteiger partial charge is 0.337 e. The lowest BCUT2D eigenvalue weighted by molar-refractivity contribution is 0.177. The Bertz CT molecular complexity index is 722. The van der Waals surface area contributed by atoms with Crippen molar-refractivity contribution >= 4 is 36.4 Å². The minimum Gasteiger partial charge on any atom is -0.337 e. The number of imidazole rings is 2. The molecular formula is C17H27Cl3N6. The zero-order valence-corrected chi connectivity index (χ0v) is 17.6. The van der Waals surface area contributed by atoms with Crippen molar-refractivity contribution in [2.24, 2.45) is 19.5 Å². The number of nitrogens with one attached hydrogen (secondary N) is 1. The summed E-state index contributed by atoms with van der Waals surface area (Å²) < 4.78 is 4.08. The van der Waals surface area contributed by atoms with Gasteiger partial charge in [-0.3, -0.25) is 4.90 Å². The monoisotopic (exact) mass is 420 g/mol. The molecule has 0 aromatic carbocycles. The lowest BCUT2D eigenvalue weighted by atomic mass is 9.93. The Kier molecular flexibility index (Phi) is 7.02. The van der Waals surface area contributed by atoms with Crippen molar-refractivity contribution < 1.29 is 0 Å². The normalized spacial score (nSPS) is 20.7. The smallest absolute Gasteiger partial charge is 0.128 e. The molecule has 6 nitrogen and oxygen atoms in total. The number of hydrogen-bond donors (Lipinski definition) is 1. The minimum absolute atomic E-state index is 0. The summed E-state index contributed by atoms with van der Waals surface area (Å²) >= 11 is 6.18. The van der Waals surface area contributed by atoms with Gasteiger partial charge >= 0.3 is 0 Å². The van der Waals surface area contributed by atoms with Gasteiger partial charge in [0.05, 0.1) is 19.3 Å². The van der Waals surface area contributed by atoms with E-state index in [1.807, 2.05) is 24.0 Å². The summed E-state index contributed by atoms with van der Waals surface area (Å²) in [7, 11) is 4.04. The first kappa shape index (κ1) is 21.5. The number of hydrogen-bond acceptors (Lipinski definition) is 4. The van der Waals surface area contributed by atoms with E-state index >= 15 is 0 Å². The molecule has 146 valence electrons. The Morgan fingerprint density at radius 2 is 1.88 bits per heavy atom. The Balaban J connectivity index is 0.00000121. The van der Waals surface area contributed by atoms with Crippen molar-refractivity contribution in [2.75, 3.05) is 13.1 Å². The molecule has 1 saturated carbocycles. The third-order valence-electron chi connectivity index (χ3n) is 5.82. The summed E-state index contributed by atoms with van der Waals surface area (Å²) in [4.78, 5) is 11.6. The van der Waals surface area contributed by atoms with E-state index in [4.69, 9.17) is 11.6 Å². The van der Waals surface area contributed by atoms with Gasteiger partial charge in [-0.25, -0.2) is 9.97 Å². The van der Waals surface area contributed by atoms with Crippen LogP contribution in [0.5, 0.6) is 0 Å². The van der Waals surface area contributed by atoms with Crippen LogP contribution in [0.25, 0.3) is 0 Å². The molecule has 0 amide bonds. The SMILES string of the molecule is Cl.Cl.Cn1ccnc1CN(Cc1ncc(Cl)n1C)C1CC12CCNCC2. The second kappa shape index (κ2) is 8.48. The number of halogens is 3. The zero-order valence-electron chi connectivity index (χ0n) is 15.2. The molecule has 9 heteroatoms. The first-order valence-electron chi connectivity index (χ1n) is 8.66. The molecule has 1 unspecified atom stereocenters. The molecule has 4 rings (SSSR count). The Hall–Kier alpha value is -0.790. The molecule has 3 heterocycles. The van der Waals surface area contributed by atoms with Gasteiger partial charge in [0, 0.05) is 32.5 Å². The van der Waals surface area contributed by atoms with Crippen molar-refractivity contribution in [1.29, 1.82) is 0 Å². The van der Waals surface area contributed by atoms with Gasteiger partial charge < -0.3 is 14.5 Å². The molecule has 1 N–H and O–H groups in total. The molecule has 1 atom stereocenters. The van der Waals surface area contributed by atoms with E-state index < -0.39 is 0 Å². The molecule has 2 aromatic rings. The van der Waals surface area contributed by atoms with Gasteiger partial charge in [0.25, 0.3) is 0 Å². The average molecular weight is 422 g/mol. The molecule has 2 aliphatic rings. The van der Waals surface area contributed by atoms with Crippen LogP contribution in [0.4, 0.5) is 0 Å². The fraction of sp³-hybridized carbons (Fsp3) is 0.647. The van der Waals surface area contributed by atoms with E-state index in [9.17, 15) is 0 Å². The van der Waals surface area contributed by atoms with Crippen LogP contribution in [0.2, 0.25) is 5.15 Å². The van der Waals surface area contributed by atoms with Crippen molar-refractivity contribution in [3.63, 3.8) is 0 Å². The average Bonchev–Trinajstić information content (AvgIpc) is 2.95. The second-order valence-corrected chi connectivity index (χ2v) is 7.64. The quantitative estimate of drug-likeness (QED) is 0.806. The van der Waals surface area contributed by atoms with Crippen LogP contribution in [-0.4, -0.2) is 43.1 Å². The van der Waals surface area contributed by atoms with Gasteiger partial charge in [0.15, 0.2) is 0 Å². The highest BCUT2D eigenvalue weighted by atomic mass is 35.5. The maximum atomic E-state index is 6.18. The van der Waals surface area contributed by atoms with E-state index in [1.165, 1.54) is 19.3 Å². The van der Waals surface area contributed by atoms with Crippen LogP contribution in [0.15, 0.2) is 18.6 Å². The number of rotatable bonds is 5. The first-order valence-corrected chi connectivity index (χ1v) is 9.04. The fourth-order valence-electron chi connectivity index (χ4n) is 4.06. The van der Waals surface area contributed by atoms with Crippen LogP contribution in [0.3, 0.4) is 0 Å². The predicted octanol–water partition coefficient (Wildman–Crippen LogP) is 2.79. The highest BCUT2D eigenvalue weighted by Crippen LogP contribution is 2.56. The molecular weight excluding hydrogens is 395 g/mol. The highest BCUT2D eigenvalue weighted by Gasteiger charge is 2.56. The second-order valence-electron chi connectivity index (χ2n) is 7.25. The van der Waals surface area contributed by atoms with Gasteiger partial charge in [-0.1, -0.05) is 11.6 Å². The lowest BCUT2D eigenvalue weighted by Crippen LogP contribution is -2.36. The number of piperidine rings is 1. The van der Waals surface area contributed by atoms with Gasteiger partial charge in [0.2, 0.25) is 0 Å². The molecule has 26 heavy (non-hydrogen) atoms. The first-order chi connectivity index (χ1) is 11.6. The lowest BCUT2D eigenvalue weighted by Gasteiger charge is -2.29. The van der Waals surface area contributed by atoms with Crippen molar-refractivity contribution in [3.05, 3.63) is 35.4 Å². The zero-order chi connectivity index (χ0) is 16.7. The van der Waals surface area contributed by atoms with Crippen LogP contribution >= 0.6 is 36.4 Å². The number of aryl methyl sites for hydroxylation is 1. The summed E-state index contributed by atoms with van der Waals surface area (Å²) in [5, 5.41) is 4.18. The van der Waals surface area contributed by atoms with Crippen LogP contribution in [0.1, 0.15) is 30.9 Å². The third-order valence-corrected chi connectivity index (χ3v) is 6.18. The molecule has 0 bridgehead atoms. The van der Waals surface area contributed by atoms with E-state index in [-0.39, 0.29) is 24.8 Å². The number of nitrogens with zero attached hydrogens (tertiary/aromatic N) is 5. The molecule has 1 saturated heterocycles. The van der Waals surface area contributed by atoms with Crippen LogP contribution in [-0.2, 0) is 27.2 Å². The van der Waals surface area contributed by atoms with Crippen LogP contribution < -0.4 is 5.32 Å². The third kappa shape index (κ3) is 4.04. The highest BCUT2D eigenvalue weighted by molar-refractivity contribution is 6.29. The summed E-state index contributed by atoms with van der Waals surface area (Å²) in [6, 6.07) is 0.617. The van der Waals surface area contributed by atoms with Gasteiger partial charge in [-0.05, 0) is 37.8 Å². The molecule has 1 spiro atoms. The fourth-order valence-corrected chi connectivity index (χ4v) is 4.21. The van der Waals surface area contributed by atoms with Crippen molar-refractivity contribution in [3.8, 4) is 0 Å². The summed E-state index contributed by atoms with van der Waals surface area (Å²) in [5.41, 5.74) is 0.491. The minimum atomic E-state index is 0. The van der Waals surface area contributed by atoms with E-state index in [1.54, 1.807) is 6.20 Å². The summed E-state index contributed by atoms with van der Waals surface area (Å²) in [5.74, 6) is 2.12. The molecule has 2 fully saturated rings. The number of aromatic nitrogens is 4.